The lowest BCUT2D eigenvalue weighted by molar-refractivity contribution is -0.253. The molecule has 0 atom stereocenters. The molecule has 0 spiro atoms. The first-order valence-corrected chi connectivity index (χ1v) is 11.9. The number of hydrogen-bond acceptors (Lipinski definition) is 11. The Morgan fingerprint density at radius 3 is 2.05 bits per heavy atom. The third-order valence-electron chi connectivity index (χ3n) is 5.64. The van der Waals surface area contributed by atoms with Gasteiger partial charge >= 0.3 is 5.97 Å². The van der Waals surface area contributed by atoms with E-state index in [1.807, 2.05) is 0 Å². The molecule has 0 unspecified atom stereocenters. The summed E-state index contributed by atoms with van der Waals surface area (Å²) in [7, 11) is 0. The Morgan fingerprint density at radius 1 is 0.756 bits per heavy atom. The van der Waals surface area contributed by atoms with Gasteiger partial charge < -0.3 is 25.2 Å². The highest BCUT2D eigenvalue weighted by Gasteiger charge is 2.18. The van der Waals surface area contributed by atoms with Gasteiger partial charge in [-0.15, -0.1) is 0 Å². The number of carbonyl (C=O) groups is 2. The summed E-state index contributed by atoms with van der Waals surface area (Å²) in [6, 6.07) is 21.7. The molecule has 0 aliphatic heterocycles. The number of hydrogen-bond donors (Lipinski definition) is 6. The first-order valence-electron chi connectivity index (χ1n) is 11.9. The minimum atomic E-state index is -1.29. The van der Waals surface area contributed by atoms with Crippen LogP contribution in [0.25, 0.3) is 0 Å². The molecule has 0 saturated heterocycles. The van der Waals surface area contributed by atoms with Crippen molar-refractivity contribution >= 4 is 23.3 Å². The van der Waals surface area contributed by atoms with E-state index in [1.54, 1.807) is 54.6 Å². The number of nitrogens with one attached hydrogen (secondary N) is 2. The molecule has 0 bridgehead atoms. The normalized spacial score (nSPS) is 10.6. The molecule has 4 rings (SSSR count). The van der Waals surface area contributed by atoms with Gasteiger partial charge in [-0.2, -0.15) is 5.90 Å². The number of rotatable bonds is 13. The van der Waals surface area contributed by atoms with E-state index in [9.17, 15) is 19.8 Å². The van der Waals surface area contributed by atoms with Crippen LogP contribution in [0.2, 0.25) is 0 Å². The lowest BCUT2D eigenvalue weighted by Gasteiger charge is -2.12. The Balaban J connectivity index is 1.32. The maximum atomic E-state index is 12.7. The molecule has 0 saturated carbocycles. The highest BCUT2D eigenvalue weighted by molar-refractivity contribution is 6.11. The molecule has 41 heavy (non-hydrogen) atoms. The average Bonchev–Trinajstić information content (AvgIpc) is 2.96. The van der Waals surface area contributed by atoms with E-state index in [0.717, 1.165) is 0 Å². The van der Waals surface area contributed by atoms with Crippen LogP contribution in [0.4, 0.5) is 11.4 Å². The van der Waals surface area contributed by atoms with E-state index in [0.29, 0.717) is 34.0 Å². The fourth-order valence-electron chi connectivity index (χ4n) is 3.69. The molecule has 7 N–H and O–H groups in total. The standard InChI is InChI=1S/C28H25N3O10/c29-41-40-24-11-12-25(28(34)35)26(14-24)27(33)30-19-2-7-22(8-3-19)39-23-9-4-20(5-10-23)31-37-15-18-13-21(32)6-1-17(18)16-38-36/h1-14,31-32,36H,15-16,29H2,(H,30,33)(H,34,35). The van der Waals surface area contributed by atoms with Gasteiger partial charge in [0, 0.05) is 5.69 Å². The number of carboxylic acid groups (broad SMARTS) is 1. The Kier molecular flexibility index (Phi) is 9.66. The van der Waals surface area contributed by atoms with Gasteiger partial charge in [-0.05, 0) is 90.0 Å². The molecule has 1 amide bonds. The van der Waals surface area contributed by atoms with E-state index >= 15 is 0 Å². The van der Waals surface area contributed by atoms with Crippen molar-refractivity contribution < 1.29 is 49.4 Å². The number of ether oxygens (including phenoxy) is 1. The number of amides is 1. The largest absolute Gasteiger partial charge is 0.508 e. The number of anilines is 2. The van der Waals surface area contributed by atoms with Gasteiger partial charge in [0.15, 0.2) is 5.75 Å². The van der Waals surface area contributed by atoms with Crippen molar-refractivity contribution in [3.63, 3.8) is 0 Å². The second-order valence-electron chi connectivity index (χ2n) is 8.41. The Hall–Kier alpha value is -5.18. The molecule has 0 heterocycles. The molecule has 4 aromatic carbocycles. The average molecular weight is 564 g/mol. The minimum Gasteiger partial charge on any atom is -0.508 e. The van der Waals surface area contributed by atoms with Crippen LogP contribution in [0.15, 0.2) is 84.9 Å². The highest BCUT2D eigenvalue weighted by Crippen LogP contribution is 2.26. The molecule has 4 aromatic rings. The van der Waals surface area contributed by atoms with Gasteiger partial charge in [0.25, 0.3) is 5.91 Å². The fraction of sp³-hybridized carbons (Fsp3) is 0.0714. The number of benzene rings is 4. The number of aromatic carboxylic acids is 1. The predicted molar refractivity (Wildman–Crippen MR) is 144 cm³/mol. The van der Waals surface area contributed by atoms with Crippen molar-refractivity contribution in [2.45, 2.75) is 13.2 Å². The molecular formula is C28H25N3O10. The van der Waals surface area contributed by atoms with E-state index in [1.165, 1.54) is 30.3 Å². The zero-order chi connectivity index (χ0) is 29.2. The van der Waals surface area contributed by atoms with Gasteiger partial charge in [0.05, 0.1) is 16.8 Å². The Labute approximate surface area is 233 Å². The quantitative estimate of drug-likeness (QED) is 0.0958. The molecule has 212 valence electrons. The maximum Gasteiger partial charge on any atom is 0.336 e. The van der Waals surface area contributed by atoms with Crippen LogP contribution in [0.5, 0.6) is 23.0 Å². The lowest BCUT2D eigenvalue weighted by atomic mass is 10.1. The van der Waals surface area contributed by atoms with Crippen LogP contribution in [0.3, 0.4) is 0 Å². The highest BCUT2D eigenvalue weighted by atomic mass is 17.3. The topological polar surface area (TPSA) is 191 Å². The fourth-order valence-corrected chi connectivity index (χ4v) is 3.69. The van der Waals surface area contributed by atoms with Gasteiger partial charge in [0.1, 0.15) is 30.5 Å². The van der Waals surface area contributed by atoms with Gasteiger partial charge in [-0.25, -0.2) is 9.68 Å². The number of carboxylic acids is 1. The van der Waals surface area contributed by atoms with Crippen LogP contribution in [0.1, 0.15) is 31.8 Å². The number of carbonyl (C=O) groups excluding carboxylic acids is 1. The van der Waals surface area contributed by atoms with E-state index in [2.05, 4.69) is 25.6 Å². The van der Waals surface area contributed by atoms with Crippen LogP contribution >= 0.6 is 0 Å². The van der Waals surface area contributed by atoms with Crippen molar-refractivity contribution in [2.24, 2.45) is 5.90 Å². The second-order valence-corrected chi connectivity index (χ2v) is 8.41. The molecule has 0 aliphatic rings. The summed E-state index contributed by atoms with van der Waals surface area (Å²) in [6.07, 6.45) is 0. The summed E-state index contributed by atoms with van der Waals surface area (Å²) in [5.74, 6) is 4.05. The Bertz CT molecular complexity index is 1490. The summed E-state index contributed by atoms with van der Waals surface area (Å²) in [5, 5.41) is 30.4. The van der Waals surface area contributed by atoms with Crippen LogP contribution in [-0.2, 0) is 27.9 Å². The zero-order valence-corrected chi connectivity index (χ0v) is 21.3. The summed E-state index contributed by atoms with van der Waals surface area (Å²) < 4.78 is 5.83. The molecule has 13 nitrogen and oxygen atoms in total. The molecule has 0 aromatic heterocycles. The minimum absolute atomic E-state index is 0.0433. The third-order valence-corrected chi connectivity index (χ3v) is 5.64. The third kappa shape index (κ3) is 7.92. The van der Waals surface area contributed by atoms with Crippen molar-refractivity contribution in [3.8, 4) is 23.0 Å². The summed E-state index contributed by atoms with van der Waals surface area (Å²) in [6.45, 7) is 0.0611. The second kappa shape index (κ2) is 13.7. The number of aromatic hydroxyl groups is 1. The number of phenols is 1. The molecular weight excluding hydrogens is 538 g/mol. The number of nitrogens with two attached hydrogens (primary N) is 1. The van der Waals surface area contributed by atoms with Crippen LogP contribution < -0.4 is 26.3 Å². The van der Waals surface area contributed by atoms with E-state index in [4.69, 9.17) is 20.7 Å². The maximum absolute atomic E-state index is 12.7. The zero-order valence-electron chi connectivity index (χ0n) is 21.3. The van der Waals surface area contributed by atoms with Crippen molar-refractivity contribution in [1.29, 1.82) is 0 Å². The van der Waals surface area contributed by atoms with E-state index < -0.39 is 11.9 Å². The number of phenolic OH excluding ortho intramolecular Hbond substituents is 1. The first-order chi connectivity index (χ1) is 19.9. The van der Waals surface area contributed by atoms with Crippen LogP contribution in [-0.4, -0.2) is 27.3 Å². The first kappa shape index (κ1) is 28.8. The monoisotopic (exact) mass is 563 g/mol. The smallest absolute Gasteiger partial charge is 0.336 e. The summed E-state index contributed by atoms with van der Waals surface area (Å²) in [5.41, 5.74) is 4.76. The van der Waals surface area contributed by atoms with Gasteiger partial charge in [-0.3, -0.25) is 20.4 Å². The van der Waals surface area contributed by atoms with Gasteiger partial charge in [0.2, 0.25) is 0 Å². The SMILES string of the molecule is NOOc1ccc(C(=O)O)c(C(=O)Nc2ccc(Oc3ccc(NOCc4cc(O)ccc4COO)cc3)cc2)c1. The predicted octanol–water partition coefficient (Wildman–Crippen LogP) is 4.85. The molecule has 13 heteroatoms. The van der Waals surface area contributed by atoms with Gasteiger partial charge in [-0.1, -0.05) is 11.1 Å². The van der Waals surface area contributed by atoms with E-state index in [-0.39, 0.29) is 35.8 Å². The summed E-state index contributed by atoms with van der Waals surface area (Å²) in [4.78, 5) is 42.7. The lowest BCUT2D eigenvalue weighted by Crippen LogP contribution is -2.17. The van der Waals surface area contributed by atoms with Crippen molar-refractivity contribution in [1.82, 2.24) is 0 Å². The molecule has 0 fully saturated rings. The molecule has 0 radical (unpaired) electrons. The Morgan fingerprint density at radius 2 is 1.41 bits per heavy atom. The van der Waals surface area contributed by atoms with Crippen LogP contribution in [0, 0.1) is 0 Å². The van der Waals surface area contributed by atoms with Crippen molar-refractivity contribution in [2.75, 3.05) is 10.8 Å². The molecule has 0 aliphatic carbocycles. The summed E-state index contributed by atoms with van der Waals surface area (Å²) >= 11 is 0. The van der Waals surface area contributed by atoms with Crippen molar-refractivity contribution in [3.05, 3.63) is 107 Å².